The topological polar surface area (TPSA) is 40.5 Å². The fraction of sp³-hybridized carbons (Fsp3) is 0.462. The second-order valence-electron chi connectivity index (χ2n) is 4.34. The number of carbonyl (C=O) groups is 1. The van der Waals surface area contributed by atoms with Gasteiger partial charge in [-0.3, -0.25) is 9.69 Å². The lowest BCUT2D eigenvalue weighted by molar-refractivity contribution is 0.0881. The normalized spacial score (nSPS) is 11.3. The number of carbonyl (C=O) groups excluding carboxylic acids is 1. The molecule has 0 bridgehead atoms. The minimum absolute atomic E-state index is 0.0276. The third-order valence-electron chi connectivity index (χ3n) is 2.70. The van der Waals surface area contributed by atoms with Crippen molar-refractivity contribution >= 4 is 29.0 Å². The van der Waals surface area contributed by atoms with Crippen molar-refractivity contribution in [3.8, 4) is 0 Å². The van der Waals surface area contributed by atoms with E-state index in [4.69, 9.17) is 28.3 Å². The van der Waals surface area contributed by atoms with Crippen molar-refractivity contribution in [3.63, 3.8) is 0 Å². The minimum Gasteiger partial charge on any atom is -0.395 e. The highest BCUT2D eigenvalue weighted by molar-refractivity contribution is 6.36. The Balaban J connectivity index is 2.80. The van der Waals surface area contributed by atoms with Crippen LogP contribution in [0.15, 0.2) is 18.2 Å². The molecule has 1 rings (SSSR count). The summed E-state index contributed by atoms with van der Waals surface area (Å²) in [6.45, 7) is 4.69. The van der Waals surface area contributed by atoms with E-state index in [2.05, 4.69) is 0 Å². The summed E-state index contributed by atoms with van der Waals surface area (Å²) in [5, 5.41) is 9.83. The van der Waals surface area contributed by atoms with Gasteiger partial charge in [-0.1, -0.05) is 23.2 Å². The summed E-state index contributed by atoms with van der Waals surface area (Å²) in [6, 6.07) is 5.02. The molecule has 18 heavy (non-hydrogen) atoms. The Hall–Kier alpha value is -0.610. The number of nitrogens with zero attached hydrogens (tertiary/aromatic N) is 1. The summed E-state index contributed by atoms with van der Waals surface area (Å²) in [7, 11) is 0. The Morgan fingerprint density at radius 3 is 2.56 bits per heavy atom. The monoisotopic (exact) mass is 289 g/mol. The van der Waals surface area contributed by atoms with Crippen LogP contribution in [0.4, 0.5) is 0 Å². The maximum Gasteiger partial charge on any atom is 0.178 e. The van der Waals surface area contributed by atoms with E-state index in [9.17, 15) is 4.79 Å². The number of ketones is 1. The van der Waals surface area contributed by atoms with Crippen LogP contribution in [0, 0.1) is 0 Å². The van der Waals surface area contributed by atoms with E-state index in [1.165, 1.54) is 0 Å². The Labute approximate surface area is 117 Å². The van der Waals surface area contributed by atoms with Crippen LogP contribution >= 0.6 is 23.2 Å². The molecule has 0 unspecified atom stereocenters. The van der Waals surface area contributed by atoms with Crippen LogP contribution in [0.2, 0.25) is 10.0 Å². The van der Waals surface area contributed by atoms with E-state index < -0.39 is 0 Å². The molecule has 0 radical (unpaired) electrons. The molecular formula is C13H17Cl2NO2. The number of hydrogen-bond acceptors (Lipinski definition) is 3. The lowest BCUT2D eigenvalue weighted by Gasteiger charge is -2.24. The molecule has 100 valence electrons. The number of halogens is 2. The van der Waals surface area contributed by atoms with Crippen LogP contribution in [-0.2, 0) is 0 Å². The summed E-state index contributed by atoms with van der Waals surface area (Å²) in [6.07, 6.45) is 0. The number of Topliss-reactive ketones (excluding diaryl/α,β-unsaturated/α-hetero) is 1. The fourth-order valence-electron chi connectivity index (χ4n) is 1.63. The van der Waals surface area contributed by atoms with Gasteiger partial charge in [0.25, 0.3) is 0 Å². The smallest absolute Gasteiger partial charge is 0.178 e. The Kier molecular flexibility index (Phi) is 6.09. The summed E-state index contributed by atoms with van der Waals surface area (Å²) < 4.78 is 0. The molecule has 0 heterocycles. The molecule has 1 N–H and O–H groups in total. The van der Waals surface area contributed by atoms with Gasteiger partial charge in [0, 0.05) is 23.2 Å². The lowest BCUT2D eigenvalue weighted by atomic mass is 10.1. The number of benzene rings is 1. The van der Waals surface area contributed by atoms with Crippen LogP contribution in [0.25, 0.3) is 0 Å². The zero-order chi connectivity index (χ0) is 13.7. The van der Waals surface area contributed by atoms with Crippen molar-refractivity contribution < 1.29 is 9.90 Å². The van der Waals surface area contributed by atoms with E-state index in [1.807, 2.05) is 18.7 Å². The molecule has 5 heteroatoms. The van der Waals surface area contributed by atoms with Gasteiger partial charge < -0.3 is 5.11 Å². The molecule has 0 amide bonds. The van der Waals surface area contributed by atoms with Crippen molar-refractivity contribution in [1.82, 2.24) is 4.90 Å². The first kappa shape index (κ1) is 15.4. The van der Waals surface area contributed by atoms with Gasteiger partial charge in [-0.15, -0.1) is 0 Å². The van der Waals surface area contributed by atoms with Crippen molar-refractivity contribution in [1.29, 1.82) is 0 Å². The summed E-state index contributed by atoms with van der Waals surface area (Å²) in [4.78, 5) is 14.0. The second kappa shape index (κ2) is 7.10. The van der Waals surface area contributed by atoms with Crippen LogP contribution < -0.4 is 0 Å². The first-order valence-corrected chi connectivity index (χ1v) is 6.54. The van der Waals surface area contributed by atoms with E-state index >= 15 is 0 Å². The molecule has 3 nitrogen and oxygen atoms in total. The van der Waals surface area contributed by atoms with E-state index in [-0.39, 0.29) is 25.0 Å². The highest BCUT2D eigenvalue weighted by Gasteiger charge is 2.17. The largest absolute Gasteiger partial charge is 0.395 e. The summed E-state index contributed by atoms with van der Waals surface area (Å²) >= 11 is 11.8. The van der Waals surface area contributed by atoms with Gasteiger partial charge in [0.1, 0.15) is 0 Å². The molecule has 1 aromatic carbocycles. The highest BCUT2D eigenvalue weighted by atomic mass is 35.5. The zero-order valence-electron chi connectivity index (χ0n) is 10.5. The molecular weight excluding hydrogens is 273 g/mol. The fourth-order valence-corrected chi connectivity index (χ4v) is 2.15. The Morgan fingerprint density at radius 2 is 2.06 bits per heavy atom. The second-order valence-corrected chi connectivity index (χ2v) is 5.18. The predicted octanol–water partition coefficient (Wildman–Crippen LogP) is 2.88. The Bertz CT molecular complexity index is 421. The summed E-state index contributed by atoms with van der Waals surface area (Å²) in [5.41, 5.74) is 0.463. The van der Waals surface area contributed by atoms with Crippen LogP contribution in [-0.4, -0.2) is 41.5 Å². The average molecular weight is 290 g/mol. The average Bonchev–Trinajstić information content (AvgIpc) is 2.27. The zero-order valence-corrected chi connectivity index (χ0v) is 12.0. The predicted molar refractivity (Wildman–Crippen MR) is 74.6 cm³/mol. The molecule has 0 atom stereocenters. The minimum atomic E-state index is -0.0705. The number of aliphatic hydroxyl groups excluding tert-OH is 1. The van der Waals surface area contributed by atoms with Crippen LogP contribution in [0.1, 0.15) is 24.2 Å². The molecule has 0 saturated carbocycles. The molecule has 0 fully saturated rings. The molecule has 0 aliphatic heterocycles. The lowest BCUT2D eigenvalue weighted by Crippen LogP contribution is -2.37. The maximum absolute atomic E-state index is 12.1. The van der Waals surface area contributed by atoms with Crippen molar-refractivity contribution in [2.24, 2.45) is 0 Å². The first-order valence-electron chi connectivity index (χ1n) is 5.79. The quantitative estimate of drug-likeness (QED) is 0.819. The SMILES string of the molecule is CC(C)N(CCO)CC(=O)c1ccc(Cl)cc1Cl. The van der Waals surface area contributed by atoms with Gasteiger partial charge in [-0.2, -0.15) is 0 Å². The maximum atomic E-state index is 12.1. The van der Waals surface area contributed by atoms with Gasteiger partial charge in [0.05, 0.1) is 18.2 Å². The van der Waals surface area contributed by atoms with E-state index in [0.717, 1.165) is 0 Å². The third-order valence-corrected chi connectivity index (χ3v) is 3.24. The number of hydrogen-bond donors (Lipinski definition) is 1. The Morgan fingerprint density at radius 1 is 1.39 bits per heavy atom. The van der Waals surface area contributed by atoms with Gasteiger partial charge in [0.15, 0.2) is 5.78 Å². The molecule has 0 aliphatic carbocycles. The van der Waals surface area contributed by atoms with Crippen molar-refractivity contribution in [3.05, 3.63) is 33.8 Å². The van der Waals surface area contributed by atoms with Gasteiger partial charge >= 0.3 is 0 Å². The third kappa shape index (κ3) is 4.25. The van der Waals surface area contributed by atoms with E-state index in [1.54, 1.807) is 18.2 Å². The van der Waals surface area contributed by atoms with Crippen LogP contribution in [0.5, 0.6) is 0 Å². The van der Waals surface area contributed by atoms with Gasteiger partial charge in [-0.25, -0.2) is 0 Å². The first-order chi connectivity index (χ1) is 8.45. The van der Waals surface area contributed by atoms with Crippen LogP contribution in [0.3, 0.4) is 0 Å². The molecule has 0 saturated heterocycles. The molecule has 0 aromatic heterocycles. The van der Waals surface area contributed by atoms with Crippen molar-refractivity contribution in [2.75, 3.05) is 19.7 Å². The van der Waals surface area contributed by atoms with Crippen molar-refractivity contribution in [2.45, 2.75) is 19.9 Å². The summed E-state index contributed by atoms with van der Waals surface area (Å²) in [5.74, 6) is -0.0705. The number of aliphatic hydroxyl groups is 1. The highest BCUT2D eigenvalue weighted by Crippen LogP contribution is 2.21. The number of rotatable bonds is 6. The van der Waals surface area contributed by atoms with E-state index in [0.29, 0.717) is 22.2 Å². The van der Waals surface area contributed by atoms with Gasteiger partial charge in [0.2, 0.25) is 0 Å². The molecule has 1 aromatic rings. The molecule has 0 aliphatic rings. The molecule has 0 spiro atoms. The standard InChI is InChI=1S/C13H17Cl2NO2/c1-9(2)16(5-6-17)8-13(18)11-4-3-10(14)7-12(11)15/h3-4,7,9,17H,5-6,8H2,1-2H3. The van der Waals surface area contributed by atoms with Gasteiger partial charge in [-0.05, 0) is 32.0 Å².